The quantitative estimate of drug-likeness (QED) is 0.305. The van der Waals surface area contributed by atoms with Gasteiger partial charge in [0.15, 0.2) is 5.13 Å². The lowest BCUT2D eigenvalue weighted by molar-refractivity contribution is -0.125. The lowest BCUT2D eigenvalue weighted by Gasteiger charge is -2.26. The Morgan fingerprint density at radius 3 is 2.33 bits per heavy atom. The van der Waals surface area contributed by atoms with Crippen molar-refractivity contribution in [3.05, 3.63) is 59.6 Å². The van der Waals surface area contributed by atoms with Crippen LogP contribution >= 0.6 is 23.3 Å². The second kappa shape index (κ2) is 17.6. The molecule has 0 bridgehead atoms. The summed E-state index contributed by atoms with van der Waals surface area (Å²) in [5.74, 6) is 1.26. The summed E-state index contributed by atoms with van der Waals surface area (Å²) in [6.07, 6.45) is 1.14. The second-order valence-corrected chi connectivity index (χ2v) is 8.47. The van der Waals surface area contributed by atoms with E-state index in [0.717, 1.165) is 21.3 Å². The highest BCUT2D eigenvalue weighted by molar-refractivity contribution is 8.00. The number of hydrogen-bond acceptors (Lipinski definition) is 8. The summed E-state index contributed by atoms with van der Waals surface area (Å²) in [5, 5.41) is 5.72. The minimum Gasteiger partial charge on any atom is -0.497 e. The third kappa shape index (κ3) is 9.04. The average Bonchev–Trinajstić information content (AvgIpc) is 3.48. The third-order valence-corrected chi connectivity index (χ3v) is 6.32. The molecular formula is C27H39N3O4S2. The Morgan fingerprint density at radius 2 is 1.75 bits per heavy atom. The van der Waals surface area contributed by atoms with Crippen LogP contribution in [0.15, 0.2) is 58.9 Å². The Hall–Kier alpha value is -2.75. The largest absolute Gasteiger partial charge is 0.497 e. The van der Waals surface area contributed by atoms with Crippen molar-refractivity contribution in [1.29, 1.82) is 0 Å². The predicted octanol–water partition coefficient (Wildman–Crippen LogP) is 7.29. The summed E-state index contributed by atoms with van der Waals surface area (Å²) < 4.78 is 18.3. The highest BCUT2D eigenvalue weighted by Gasteiger charge is 2.28. The van der Waals surface area contributed by atoms with Gasteiger partial charge in [-0.25, -0.2) is 4.98 Å². The summed E-state index contributed by atoms with van der Waals surface area (Å²) in [7, 11) is 3.20. The second-order valence-electron chi connectivity index (χ2n) is 6.50. The van der Waals surface area contributed by atoms with Crippen LogP contribution in [0.1, 0.15) is 47.1 Å². The molecule has 2 aromatic carbocycles. The molecule has 198 valence electrons. The molecule has 1 aliphatic rings. The zero-order chi connectivity index (χ0) is 26.9. The van der Waals surface area contributed by atoms with Crippen molar-refractivity contribution >= 4 is 40.0 Å². The molecule has 1 amide bonds. The summed E-state index contributed by atoms with van der Waals surface area (Å²) in [6, 6.07) is 13.7. The van der Waals surface area contributed by atoms with Crippen LogP contribution in [0.25, 0.3) is 0 Å². The number of anilines is 2. The van der Waals surface area contributed by atoms with E-state index in [1.165, 1.54) is 0 Å². The number of carbonyl (C=O) groups excluding carboxylic acids is 1. The number of rotatable bonds is 8. The van der Waals surface area contributed by atoms with Gasteiger partial charge < -0.3 is 19.5 Å². The van der Waals surface area contributed by atoms with Crippen LogP contribution < -0.4 is 19.1 Å². The number of nitrogens with zero attached hydrogens (tertiary/aromatic N) is 2. The van der Waals surface area contributed by atoms with Gasteiger partial charge in [0.1, 0.15) is 11.5 Å². The van der Waals surface area contributed by atoms with Crippen molar-refractivity contribution in [2.45, 2.75) is 59.1 Å². The smallest absolute Gasteiger partial charge is 0.267 e. The molecule has 3 aromatic rings. The fourth-order valence-corrected chi connectivity index (χ4v) is 4.61. The van der Waals surface area contributed by atoms with Crippen LogP contribution in [0.4, 0.5) is 10.8 Å². The molecule has 4 rings (SSSR count). The number of nitrogens with one attached hydrogen (secondary N) is 1. The average molecular weight is 534 g/mol. The summed E-state index contributed by atoms with van der Waals surface area (Å²) in [6.45, 7) is 12.9. The van der Waals surface area contributed by atoms with Gasteiger partial charge in [-0.1, -0.05) is 53.7 Å². The van der Waals surface area contributed by atoms with E-state index in [9.17, 15) is 4.79 Å². The number of amides is 1. The van der Waals surface area contributed by atoms with Crippen LogP contribution in [-0.4, -0.2) is 37.8 Å². The Labute approximate surface area is 224 Å². The number of ether oxygens (including phenoxy) is 3. The minimum absolute atomic E-state index is 0.200. The first-order valence-corrected chi connectivity index (χ1v) is 13.9. The van der Waals surface area contributed by atoms with E-state index >= 15 is 0 Å². The van der Waals surface area contributed by atoms with Crippen molar-refractivity contribution in [3.8, 4) is 11.5 Å². The lowest BCUT2D eigenvalue weighted by atomic mass is 10.2. The molecule has 1 atom stereocenters. The van der Waals surface area contributed by atoms with Crippen molar-refractivity contribution in [2.24, 2.45) is 0 Å². The van der Waals surface area contributed by atoms with Gasteiger partial charge in [0.25, 0.3) is 5.91 Å². The molecule has 0 spiro atoms. The van der Waals surface area contributed by atoms with E-state index in [4.69, 9.17) is 14.2 Å². The summed E-state index contributed by atoms with van der Waals surface area (Å²) in [4.78, 5) is 17.5. The van der Waals surface area contributed by atoms with Crippen LogP contribution in [0.5, 0.6) is 11.5 Å². The van der Waals surface area contributed by atoms with Gasteiger partial charge >= 0.3 is 0 Å². The maximum Gasteiger partial charge on any atom is 0.267 e. The standard InChI is InChI=1S/C21H21N3O4S2.3C2H6/c1-26-13-19-20(25)23-17-8-7-16(11-18(17)28-19)30-24(21-22-9-10-29-21)12-14-3-5-15(27-2)6-4-14;3*1-2/h3-11,19H,12-13H2,1-2H3,(H,23,25);3*1-2H3. The molecule has 1 N–H and O–H groups in total. The monoisotopic (exact) mass is 533 g/mol. The first-order valence-electron chi connectivity index (χ1n) is 12.2. The highest BCUT2D eigenvalue weighted by Crippen LogP contribution is 2.38. The molecular weight excluding hydrogens is 494 g/mol. The Morgan fingerprint density at radius 1 is 1.06 bits per heavy atom. The van der Waals surface area contributed by atoms with Crippen LogP contribution in [0.2, 0.25) is 0 Å². The number of carbonyl (C=O) groups is 1. The Bertz CT molecular complexity index is 999. The van der Waals surface area contributed by atoms with E-state index in [1.807, 2.05) is 89.4 Å². The van der Waals surface area contributed by atoms with E-state index in [-0.39, 0.29) is 12.5 Å². The van der Waals surface area contributed by atoms with Crippen molar-refractivity contribution in [2.75, 3.05) is 30.4 Å². The predicted molar refractivity (Wildman–Crippen MR) is 153 cm³/mol. The van der Waals surface area contributed by atoms with Gasteiger partial charge in [-0.05, 0) is 47.8 Å². The number of benzene rings is 2. The van der Waals surface area contributed by atoms with E-state index in [1.54, 1.807) is 43.7 Å². The Balaban J connectivity index is 0.00000101. The first-order chi connectivity index (χ1) is 17.7. The van der Waals surface area contributed by atoms with Gasteiger partial charge in [0, 0.05) is 23.6 Å². The lowest BCUT2D eigenvalue weighted by Crippen LogP contribution is -2.40. The Kier molecular flexibility index (Phi) is 15.3. The first kappa shape index (κ1) is 31.3. The minimum atomic E-state index is -0.655. The highest BCUT2D eigenvalue weighted by atomic mass is 32.2. The third-order valence-electron chi connectivity index (χ3n) is 4.42. The zero-order valence-electron chi connectivity index (χ0n) is 22.5. The van der Waals surface area contributed by atoms with E-state index < -0.39 is 6.10 Å². The molecule has 0 fully saturated rings. The maximum atomic E-state index is 12.1. The number of methoxy groups -OCH3 is 2. The number of thiazole rings is 1. The van der Waals surface area contributed by atoms with E-state index in [2.05, 4.69) is 14.6 Å². The molecule has 1 aliphatic heterocycles. The topological polar surface area (TPSA) is 72.9 Å². The number of hydrogen-bond donors (Lipinski definition) is 1. The zero-order valence-corrected chi connectivity index (χ0v) is 24.2. The molecule has 0 saturated carbocycles. The molecule has 0 saturated heterocycles. The molecule has 9 heteroatoms. The molecule has 0 radical (unpaired) electrons. The van der Waals surface area contributed by atoms with Gasteiger partial charge in [0.2, 0.25) is 6.10 Å². The number of fused-ring (bicyclic) bond motifs is 1. The van der Waals surface area contributed by atoms with Crippen LogP contribution in [0, 0.1) is 0 Å². The van der Waals surface area contributed by atoms with Crippen LogP contribution in [0.3, 0.4) is 0 Å². The summed E-state index contributed by atoms with van der Waals surface area (Å²) in [5.41, 5.74) is 1.80. The normalized spacial score (nSPS) is 13.1. The van der Waals surface area contributed by atoms with Gasteiger partial charge in [-0.2, -0.15) is 0 Å². The fraction of sp³-hybridized carbons (Fsp3) is 0.407. The SMILES string of the molecule is CC.CC.CC.COCC1Oc2cc(SN(Cc3ccc(OC)cc3)c3nccs3)ccc2NC1=O. The number of aromatic nitrogens is 1. The van der Waals surface area contributed by atoms with Gasteiger partial charge in [-0.15, -0.1) is 11.3 Å². The molecule has 1 aromatic heterocycles. The maximum absolute atomic E-state index is 12.1. The molecule has 1 unspecified atom stereocenters. The van der Waals surface area contributed by atoms with Crippen LogP contribution in [-0.2, 0) is 16.1 Å². The van der Waals surface area contributed by atoms with Crippen molar-refractivity contribution in [3.63, 3.8) is 0 Å². The molecule has 2 heterocycles. The van der Waals surface area contributed by atoms with Gasteiger partial charge in [-0.3, -0.25) is 9.10 Å². The molecule has 7 nitrogen and oxygen atoms in total. The molecule has 0 aliphatic carbocycles. The van der Waals surface area contributed by atoms with Crippen molar-refractivity contribution in [1.82, 2.24) is 4.98 Å². The van der Waals surface area contributed by atoms with E-state index in [0.29, 0.717) is 18.0 Å². The van der Waals surface area contributed by atoms with Gasteiger partial charge in [0.05, 0.1) is 25.9 Å². The fourth-order valence-electron chi connectivity index (χ4n) is 2.94. The van der Waals surface area contributed by atoms with Crippen molar-refractivity contribution < 1.29 is 19.0 Å². The molecule has 36 heavy (non-hydrogen) atoms. The summed E-state index contributed by atoms with van der Waals surface area (Å²) >= 11 is 3.14.